The number of nitrogens with zero attached hydrogens (tertiary/aromatic N) is 8. The molecule has 32 heavy (non-hydrogen) atoms. The van der Waals surface area contributed by atoms with Crippen LogP contribution in [0.4, 0.5) is 5.69 Å². The van der Waals surface area contributed by atoms with E-state index in [-0.39, 0.29) is 11.4 Å². The number of thioether (sulfide) groups is 1. The van der Waals surface area contributed by atoms with Crippen LogP contribution in [0.2, 0.25) is 0 Å². The van der Waals surface area contributed by atoms with Gasteiger partial charge in [-0.15, -0.1) is 10.2 Å². The highest BCUT2D eigenvalue weighted by atomic mass is 32.2. The number of aromatic nitrogens is 6. The molecule has 0 unspecified atom stereocenters. The van der Waals surface area contributed by atoms with Gasteiger partial charge in [-0.2, -0.15) is 14.9 Å². The summed E-state index contributed by atoms with van der Waals surface area (Å²) in [6.45, 7) is 0. The van der Waals surface area contributed by atoms with E-state index < -0.39 is 10.9 Å². The second kappa shape index (κ2) is 9.26. The maximum Gasteiger partial charge on any atom is 0.358 e. The molecule has 0 saturated heterocycles. The van der Waals surface area contributed by atoms with Crippen molar-refractivity contribution >= 4 is 29.6 Å². The van der Waals surface area contributed by atoms with E-state index in [0.717, 1.165) is 0 Å². The summed E-state index contributed by atoms with van der Waals surface area (Å²) in [5.41, 5.74) is 1.58. The third-order valence-electron chi connectivity index (χ3n) is 4.27. The van der Waals surface area contributed by atoms with E-state index >= 15 is 0 Å². The SMILES string of the molecule is COC(=O)c1ccn(CSc2nncn2N=Cc2cccn2-c2cccc([N+](=O)[O-])c2)n1. The van der Waals surface area contributed by atoms with Crippen LogP contribution in [0, 0.1) is 10.1 Å². The minimum absolute atomic E-state index is 0.00515. The van der Waals surface area contributed by atoms with E-state index in [1.807, 2.05) is 12.1 Å². The molecule has 0 bridgehead atoms. The Morgan fingerprint density at radius 2 is 2.16 bits per heavy atom. The van der Waals surface area contributed by atoms with Crippen molar-refractivity contribution in [1.82, 2.24) is 29.2 Å². The molecular formula is C19H16N8O4S. The summed E-state index contributed by atoms with van der Waals surface area (Å²) >= 11 is 1.32. The third kappa shape index (κ3) is 4.57. The van der Waals surface area contributed by atoms with Gasteiger partial charge in [0.15, 0.2) is 5.69 Å². The molecule has 4 rings (SSSR count). The topological polar surface area (TPSA) is 135 Å². The van der Waals surface area contributed by atoms with Gasteiger partial charge in [-0.1, -0.05) is 17.8 Å². The number of carbonyl (C=O) groups excluding carboxylic acids is 1. The second-order valence-corrected chi connectivity index (χ2v) is 7.20. The lowest BCUT2D eigenvalue weighted by Gasteiger charge is -2.06. The molecular weight excluding hydrogens is 436 g/mol. The molecule has 13 heteroatoms. The van der Waals surface area contributed by atoms with E-state index in [1.165, 1.54) is 42.0 Å². The summed E-state index contributed by atoms with van der Waals surface area (Å²) in [4.78, 5) is 22.1. The van der Waals surface area contributed by atoms with Crippen molar-refractivity contribution in [3.63, 3.8) is 0 Å². The second-order valence-electron chi connectivity index (χ2n) is 6.29. The van der Waals surface area contributed by atoms with Gasteiger partial charge in [0.1, 0.15) is 6.33 Å². The fraction of sp³-hybridized carbons (Fsp3) is 0.105. The first-order valence-electron chi connectivity index (χ1n) is 9.16. The number of ether oxygens (including phenoxy) is 1. The molecule has 0 aliphatic rings. The first kappa shape index (κ1) is 21.0. The Labute approximate surface area is 185 Å². The van der Waals surface area contributed by atoms with Crippen molar-refractivity contribution in [1.29, 1.82) is 0 Å². The van der Waals surface area contributed by atoms with Crippen molar-refractivity contribution in [3.8, 4) is 5.69 Å². The lowest BCUT2D eigenvalue weighted by molar-refractivity contribution is -0.384. The highest BCUT2D eigenvalue weighted by Gasteiger charge is 2.11. The summed E-state index contributed by atoms with van der Waals surface area (Å²) in [6, 6.07) is 11.5. The standard InChI is InChI=1S/C19H16N8O4S/c1-31-18(28)17-7-9-24(23-17)13-32-19-22-20-12-26(19)21-11-16-6-3-8-25(16)14-4-2-5-15(10-14)27(29)30/h2-12H,13H2,1H3. The summed E-state index contributed by atoms with van der Waals surface area (Å²) < 4.78 is 9.50. The Morgan fingerprint density at radius 1 is 1.28 bits per heavy atom. The Balaban J connectivity index is 1.48. The number of hydrogen-bond donors (Lipinski definition) is 0. The summed E-state index contributed by atoms with van der Waals surface area (Å²) in [7, 11) is 1.30. The molecule has 3 aromatic heterocycles. The zero-order valence-corrected chi connectivity index (χ0v) is 17.5. The van der Waals surface area contributed by atoms with Gasteiger partial charge in [0.05, 0.1) is 35.5 Å². The van der Waals surface area contributed by atoms with Crippen LogP contribution in [-0.2, 0) is 10.6 Å². The molecule has 0 N–H and O–H groups in total. The minimum atomic E-state index is -0.506. The van der Waals surface area contributed by atoms with Crippen molar-refractivity contribution in [2.24, 2.45) is 5.10 Å². The van der Waals surface area contributed by atoms with Crippen molar-refractivity contribution < 1.29 is 14.5 Å². The largest absolute Gasteiger partial charge is 0.464 e. The zero-order chi connectivity index (χ0) is 22.5. The number of rotatable bonds is 8. The number of non-ortho nitro benzene ring substituents is 1. The molecule has 0 aliphatic carbocycles. The molecule has 0 atom stereocenters. The quantitative estimate of drug-likeness (QED) is 0.131. The average molecular weight is 452 g/mol. The van der Waals surface area contributed by atoms with Crippen molar-refractivity contribution in [3.05, 3.63) is 82.7 Å². The number of nitro benzene ring substituents is 1. The van der Waals surface area contributed by atoms with Crippen LogP contribution in [-0.4, -0.2) is 53.4 Å². The third-order valence-corrected chi connectivity index (χ3v) is 5.20. The first-order valence-corrected chi connectivity index (χ1v) is 10.1. The molecule has 3 heterocycles. The molecule has 0 radical (unpaired) electrons. The number of carbonyl (C=O) groups is 1. The number of benzene rings is 1. The monoisotopic (exact) mass is 452 g/mol. The van der Waals surface area contributed by atoms with Gasteiger partial charge in [-0.05, 0) is 24.3 Å². The van der Waals surface area contributed by atoms with Gasteiger partial charge in [-0.3, -0.25) is 14.8 Å². The summed E-state index contributed by atoms with van der Waals surface area (Å²) in [5.74, 6) is -0.122. The van der Waals surface area contributed by atoms with Crippen molar-refractivity contribution in [2.75, 3.05) is 7.11 Å². The first-order chi connectivity index (χ1) is 15.5. The van der Waals surface area contributed by atoms with Crippen molar-refractivity contribution in [2.45, 2.75) is 11.0 Å². The highest BCUT2D eigenvalue weighted by Crippen LogP contribution is 2.19. The number of methoxy groups -OCH3 is 1. The lowest BCUT2D eigenvalue weighted by atomic mass is 10.2. The number of hydrogen-bond acceptors (Lipinski definition) is 9. The predicted octanol–water partition coefficient (Wildman–Crippen LogP) is 2.59. The van der Waals surface area contributed by atoms with Gasteiger partial charge in [-0.25, -0.2) is 4.79 Å². The molecule has 1 aromatic carbocycles. The number of esters is 1. The maximum atomic E-state index is 11.5. The van der Waals surface area contributed by atoms with E-state index in [9.17, 15) is 14.9 Å². The fourth-order valence-corrected chi connectivity index (χ4v) is 3.50. The molecule has 0 saturated carbocycles. The van der Waals surface area contributed by atoms with E-state index in [0.29, 0.717) is 22.4 Å². The van der Waals surface area contributed by atoms with E-state index in [2.05, 4.69) is 25.1 Å². The van der Waals surface area contributed by atoms with Gasteiger partial charge in [0.25, 0.3) is 5.69 Å². The van der Waals surface area contributed by atoms with Gasteiger partial charge >= 0.3 is 5.97 Å². The van der Waals surface area contributed by atoms with Gasteiger partial charge in [0.2, 0.25) is 5.16 Å². The maximum absolute atomic E-state index is 11.5. The molecule has 4 aromatic rings. The molecule has 12 nitrogen and oxygen atoms in total. The zero-order valence-electron chi connectivity index (χ0n) is 16.7. The Morgan fingerprint density at radius 3 is 2.97 bits per heavy atom. The van der Waals surface area contributed by atoms with E-state index in [4.69, 9.17) is 0 Å². The van der Waals surface area contributed by atoms with Crippen LogP contribution in [0.1, 0.15) is 16.2 Å². The molecule has 0 fully saturated rings. The fourth-order valence-electron chi connectivity index (χ4n) is 2.78. The van der Waals surface area contributed by atoms with E-state index in [1.54, 1.807) is 46.1 Å². The highest BCUT2D eigenvalue weighted by molar-refractivity contribution is 7.98. The molecule has 0 spiro atoms. The summed E-state index contributed by atoms with van der Waals surface area (Å²) in [6.07, 6.45) is 6.52. The number of nitro groups is 1. The van der Waals surface area contributed by atoms with Crippen LogP contribution in [0.3, 0.4) is 0 Å². The average Bonchev–Trinajstić information content (AvgIpc) is 3.56. The van der Waals surface area contributed by atoms with Gasteiger partial charge in [0, 0.05) is 24.5 Å². The normalized spacial score (nSPS) is 11.2. The van der Waals surface area contributed by atoms with Crippen LogP contribution < -0.4 is 0 Å². The van der Waals surface area contributed by atoms with Gasteiger partial charge < -0.3 is 9.30 Å². The Hall–Kier alpha value is -4.26. The Kier molecular flexibility index (Phi) is 6.07. The van der Waals surface area contributed by atoms with Crippen LogP contribution in [0.15, 0.2) is 71.4 Å². The van der Waals surface area contributed by atoms with Crippen LogP contribution in [0.25, 0.3) is 5.69 Å². The smallest absolute Gasteiger partial charge is 0.358 e. The molecule has 0 amide bonds. The lowest BCUT2D eigenvalue weighted by Crippen LogP contribution is -2.04. The van der Waals surface area contributed by atoms with Crippen LogP contribution >= 0.6 is 11.8 Å². The Bertz CT molecular complexity index is 1290. The minimum Gasteiger partial charge on any atom is -0.464 e. The molecule has 162 valence electrons. The molecule has 0 aliphatic heterocycles. The predicted molar refractivity (Wildman–Crippen MR) is 115 cm³/mol. The summed E-state index contributed by atoms with van der Waals surface area (Å²) in [5, 5.41) is 28.0. The van der Waals surface area contributed by atoms with Crippen LogP contribution in [0.5, 0.6) is 0 Å².